The first-order valence-electron chi connectivity index (χ1n) is 8.04. The number of rotatable bonds is 3. The first-order chi connectivity index (χ1) is 11.3. The Labute approximate surface area is 142 Å². The first-order valence-corrected chi connectivity index (χ1v) is 9.86. The maximum absolute atomic E-state index is 12.6. The fourth-order valence-electron chi connectivity index (χ4n) is 3.26. The van der Waals surface area contributed by atoms with Crippen LogP contribution >= 0.6 is 0 Å². The lowest BCUT2D eigenvalue weighted by Gasteiger charge is -2.12. The van der Waals surface area contributed by atoms with Gasteiger partial charge in [-0.2, -0.15) is 0 Å². The Morgan fingerprint density at radius 1 is 1.17 bits per heavy atom. The molecule has 128 valence electrons. The standard InChI is InChI=1S/C18H22N2O3S/c1-12-4-6-16(7-5-12)20-13(2)10-17(14(20)3)18(21)19-15-8-9-24(22,23)11-15/h4-7,10,15H,8-9,11H2,1-3H3,(H,19,21)/t15-/m0/s1. The van der Waals surface area contributed by atoms with E-state index in [4.69, 9.17) is 0 Å². The summed E-state index contributed by atoms with van der Waals surface area (Å²) in [6.45, 7) is 5.91. The van der Waals surface area contributed by atoms with Gasteiger partial charge in [-0.15, -0.1) is 0 Å². The summed E-state index contributed by atoms with van der Waals surface area (Å²) in [5, 5.41) is 2.86. The molecule has 1 amide bonds. The highest BCUT2D eigenvalue weighted by Crippen LogP contribution is 2.22. The van der Waals surface area contributed by atoms with Gasteiger partial charge >= 0.3 is 0 Å². The van der Waals surface area contributed by atoms with E-state index in [1.165, 1.54) is 5.56 Å². The number of amides is 1. The Hall–Kier alpha value is -2.08. The van der Waals surface area contributed by atoms with Crippen molar-refractivity contribution >= 4 is 15.7 Å². The smallest absolute Gasteiger partial charge is 0.253 e. The molecule has 0 saturated carbocycles. The molecule has 5 nitrogen and oxygen atoms in total. The second-order valence-corrected chi connectivity index (χ2v) is 8.76. The van der Waals surface area contributed by atoms with Crippen LogP contribution in [0.15, 0.2) is 30.3 Å². The summed E-state index contributed by atoms with van der Waals surface area (Å²) in [4.78, 5) is 12.6. The Bertz CT molecular complexity index is 880. The molecule has 1 aromatic carbocycles. The lowest BCUT2D eigenvalue weighted by molar-refractivity contribution is 0.0940. The maximum Gasteiger partial charge on any atom is 0.253 e. The fraction of sp³-hybridized carbons (Fsp3) is 0.389. The van der Waals surface area contributed by atoms with Crippen molar-refractivity contribution in [2.45, 2.75) is 33.2 Å². The van der Waals surface area contributed by atoms with Gasteiger partial charge in [-0.25, -0.2) is 8.42 Å². The molecule has 0 aliphatic carbocycles. The monoisotopic (exact) mass is 346 g/mol. The Morgan fingerprint density at radius 3 is 2.42 bits per heavy atom. The van der Waals surface area contributed by atoms with Crippen molar-refractivity contribution < 1.29 is 13.2 Å². The van der Waals surface area contributed by atoms with Crippen LogP contribution in [0.1, 0.15) is 33.7 Å². The molecule has 1 aliphatic rings. The van der Waals surface area contributed by atoms with Gasteiger partial charge in [-0.05, 0) is 45.4 Å². The molecule has 1 aliphatic heterocycles. The van der Waals surface area contributed by atoms with E-state index < -0.39 is 9.84 Å². The fourth-order valence-corrected chi connectivity index (χ4v) is 4.93. The number of aryl methyl sites for hydroxylation is 2. The van der Waals surface area contributed by atoms with E-state index >= 15 is 0 Å². The average Bonchev–Trinajstić information content (AvgIpc) is 2.99. The van der Waals surface area contributed by atoms with Crippen LogP contribution in [-0.2, 0) is 9.84 Å². The summed E-state index contributed by atoms with van der Waals surface area (Å²) in [6, 6.07) is 9.70. The van der Waals surface area contributed by atoms with Crippen LogP contribution < -0.4 is 5.32 Å². The molecular formula is C18H22N2O3S. The number of nitrogens with zero attached hydrogens (tertiary/aromatic N) is 1. The third kappa shape index (κ3) is 3.24. The van der Waals surface area contributed by atoms with Gasteiger partial charge in [-0.1, -0.05) is 17.7 Å². The van der Waals surface area contributed by atoms with Crippen molar-refractivity contribution in [1.29, 1.82) is 0 Å². The molecule has 6 heteroatoms. The minimum absolute atomic E-state index is 0.0371. The number of sulfone groups is 1. The molecule has 24 heavy (non-hydrogen) atoms. The molecular weight excluding hydrogens is 324 g/mol. The highest BCUT2D eigenvalue weighted by Gasteiger charge is 2.30. The van der Waals surface area contributed by atoms with E-state index in [0.29, 0.717) is 12.0 Å². The van der Waals surface area contributed by atoms with Gasteiger partial charge in [0.15, 0.2) is 9.84 Å². The van der Waals surface area contributed by atoms with Crippen molar-refractivity contribution in [3.63, 3.8) is 0 Å². The third-order valence-electron chi connectivity index (χ3n) is 4.54. The highest BCUT2D eigenvalue weighted by atomic mass is 32.2. The van der Waals surface area contributed by atoms with E-state index in [2.05, 4.69) is 5.32 Å². The molecule has 2 aromatic rings. The van der Waals surface area contributed by atoms with Gasteiger partial charge < -0.3 is 9.88 Å². The second-order valence-electron chi connectivity index (χ2n) is 6.53. The molecule has 2 heterocycles. The van der Waals surface area contributed by atoms with Gasteiger partial charge in [-0.3, -0.25) is 4.79 Å². The normalized spacial score (nSPS) is 19.4. The molecule has 1 fully saturated rings. The summed E-state index contributed by atoms with van der Waals surface area (Å²) >= 11 is 0. The van der Waals surface area contributed by atoms with E-state index in [1.54, 1.807) is 0 Å². The van der Waals surface area contributed by atoms with Crippen LogP contribution in [-0.4, -0.2) is 36.4 Å². The number of aromatic nitrogens is 1. The molecule has 0 spiro atoms. The highest BCUT2D eigenvalue weighted by molar-refractivity contribution is 7.91. The summed E-state index contributed by atoms with van der Waals surface area (Å²) < 4.78 is 25.1. The predicted molar refractivity (Wildman–Crippen MR) is 94.5 cm³/mol. The number of nitrogens with one attached hydrogen (secondary N) is 1. The lowest BCUT2D eigenvalue weighted by Crippen LogP contribution is -2.35. The lowest BCUT2D eigenvalue weighted by atomic mass is 10.2. The van der Waals surface area contributed by atoms with E-state index in [9.17, 15) is 13.2 Å². The Morgan fingerprint density at radius 2 is 1.83 bits per heavy atom. The van der Waals surface area contributed by atoms with Gasteiger partial charge in [0.25, 0.3) is 5.91 Å². The summed E-state index contributed by atoms with van der Waals surface area (Å²) in [5.41, 5.74) is 4.62. The van der Waals surface area contributed by atoms with E-state index in [0.717, 1.165) is 17.1 Å². The second kappa shape index (κ2) is 6.09. The predicted octanol–water partition coefficient (Wildman–Crippen LogP) is 2.32. The molecule has 1 N–H and O–H groups in total. The van der Waals surface area contributed by atoms with Crippen molar-refractivity contribution in [3.8, 4) is 5.69 Å². The molecule has 1 saturated heterocycles. The van der Waals surface area contributed by atoms with Gasteiger partial charge in [0, 0.05) is 23.1 Å². The van der Waals surface area contributed by atoms with Gasteiger partial charge in [0.1, 0.15) is 0 Å². The summed E-state index contributed by atoms with van der Waals surface area (Å²) in [5.74, 6) is -0.0148. The van der Waals surface area contributed by atoms with Crippen molar-refractivity contribution in [1.82, 2.24) is 9.88 Å². The van der Waals surface area contributed by atoms with Crippen LogP contribution in [0.25, 0.3) is 5.69 Å². The zero-order valence-corrected chi connectivity index (χ0v) is 15.0. The minimum Gasteiger partial charge on any atom is -0.348 e. The van der Waals surface area contributed by atoms with E-state index in [-0.39, 0.29) is 23.5 Å². The van der Waals surface area contributed by atoms with Crippen molar-refractivity contribution in [2.75, 3.05) is 11.5 Å². The molecule has 0 radical (unpaired) electrons. The largest absolute Gasteiger partial charge is 0.348 e. The van der Waals surface area contributed by atoms with Crippen LogP contribution in [0.4, 0.5) is 0 Å². The van der Waals surface area contributed by atoms with Crippen LogP contribution in [0.3, 0.4) is 0 Å². The van der Waals surface area contributed by atoms with Crippen LogP contribution in [0.5, 0.6) is 0 Å². The average molecular weight is 346 g/mol. The third-order valence-corrected chi connectivity index (χ3v) is 6.30. The number of hydrogen-bond donors (Lipinski definition) is 1. The summed E-state index contributed by atoms with van der Waals surface area (Å²) in [7, 11) is -3.00. The topological polar surface area (TPSA) is 68.2 Å². The molecule has 1 aromatic heterocycles. The first kappa shape index (κ1) is 16.8. The Balaban J connectivity index is 1.86. The van der Waals surface area contributed by atoms with Crippen molar-refractivity contribution in [3.05, 3.63) is 52.8 Å². The van der Waals surface area contributed by atoms with Crippen LogP contribution in [0.2, 0.25) is 0 Å². The molecule has 0 bridgehead atoms. The minimum atomic E-state index is -3.00. The van der Waals surface area contributed by atoms with Crippen molar-refractivity contribution in [2.24, 2.45) is 0 Å². The zero-order chi connectivity index (χ0) is 17.5. The number of carbonyl (C=O) groups is 1. The molecule has 1 atom stereocenters. The maximum atomic E-state index is 12.6. The Kier molecular flexibility index (Phi) is 4.25. The molecule has 3 rings (SSSR count). The van der Waals surface area contributed by atoms with Crippen LogP contribution in [0, 0.1) is 20.8 Å². The SMILES string of the molecule is Cc1ccc(-n2c(C)cc(C(=O)N[C@H]3CCS(=O)(=O)C3)c2C)cc1. The van der Waals surface area contributed by atoms with Gasteiger partial charge in [0.05, 0.1) is 17.1 Å². The zero-order valence-electron chi connectivity index (χ0n) is 14.2. The summed E-state index contributed by atoms with van der Waals surface area (Å²) in [6.07, 6.45) is 0.491. The number of hydrogen-bond acceptors (Lipinski definition) is 3. The van der Waals surface area contributed by atoms with E-state index in [1.807, 2.05) is 55.7 Å². The molecule has 0 unspecified atom stereocenters. The number of carbonyl (C=O) groups excluding carboxylic acids is 1. The quantitative estimate of drug-likeness (QED) is 0.927. The number of benzene rings is 1. The van der Waals surface area contributed by atoms with Gasteiger partial charge in [0.2, 0.25) is 0 Å².